The highest BCUT2D eigenvalue weighted by molar-refractivity contribution is 6.07. The van der Waals surface area contributed by atoms with Gasteiger partial charge in [0.2, 0.25) is 0 Å². The second-order valence-corrected chi connectivity index (χ2v) is 4.60. The van der Waals surface area contributed by atoms with Gasteiger partial charge in [-0.05, 0) is 25.5 Å². The van der Waals surface area contributed by atoms with Crippen LogP contribution in [0.5, 0.6) is 0 Å². The lowest BCUT2D eigenvalue weighted by Crippen LogP contribution is -2.40. The lowest BCUT2D eigenvalue weighted by atomic mass is 10.1. The van der Waals surface area contributed by atoms with Gasteiger partial charge in [-0.25, -0.2) is 4.79 Å². The number of aryl methyl sites for hydroxylation is 1. The van der Waals surface area contributed by atoms with Crippen molar-refractivity contribution in [2.24, 2.45) is 0 Å². The number of aliphatic carboxylic acids is 1. The van der Waals surface area contributed by atoms with Gasteiger partial charge < -0.3 is 10.4 Å². The molecule has 1 amide bonds. The van der Waals surface area contributed by atoms with E-state index in [9.17, 15) is 9.59 Å². The molecule has 0 bridgehead atoms. The summed E-state index contributed by atoms with van der Waals surface area (Å²) in [5, 5.41) is 12.3. The molecule has 1 atom stereocenters. The van der Waals surface area contributed by atoms with Crippen molar-refractivity contribution in [2.75, 3.05) is 0 Å². The number of carboxylic acid groups (broad SMARTS) is 1. The number of nitrogens with zero attached hydrogens (tertiary/aromatic N) is 1. The normalized spacial score (nSPS) is 12.1. The third kappa shape index (κ3) is 2.77. The van der Waals surface area contributed by atoms with E-state index in [2.05, 4.69) is 10.3 Å². The van der Waals surface area contributed by atoms with Crippen molar-refractivity contribution in [3.05, 3.63) is 41.6 Å². The highest BCUT2D eigenvalue weighted by atomic mass is 16.4. The summed E-state index contributed by atoms with van der Waals surface area (Å²) < 4.78 is 0. The first-order valence-corrected chi connectivity index (χ1v) is 6.43. The van der Waals surface area contributed by atoms with Gasteiger partial charge in [-0.3, -0.25) is 9.78 Å². The quantitative estimate of drug-likeness (QED) is 0.893. The molecule has 0 radical (unpaired) electrons. The number of nitrogens with one attached hydrogen (secondary N) is 1. The minimum Gasteiger partial charge on any atom is -0.480 e. The van der Waals surface area contributed by atoms with Crippen LogP contribution in [0.2, 0.25) is 0 Å². The van der Waals surface area contributed by atoms with Crippen molar-refractivity contribution in [2.45, 2.75) is 26.3 Å². The average molecular weight is 272 g/mol. The summed E-state index contributed by atoms with van der Waals surface area (Å²) in [6.45, 7) is 3.52. The minimum absolute atomic E-state index is 0.336. The van der Waals surface area contributed by atoms with Crippen LogP contribution >= 0.6 is 0 Å². The fourth-order valence-corrected chi connectivity index (χ4v) is 2.07. The zero-order valence-corrected chi connectivity index (χ0v) is 11.4. The van der Waals surface area contributed by atoms with Crippen molar-refractivity contribution < 1.29 is 14.7 Å². The van der Waals surface area contributed by atoms with Crippen LogP contribution in [0.1, 0.15) is 29.4 Å². The molecule has 2 aromatic rings. The molecule has 0 spiro atoms. The fraction of sp³-hybridized carbons (Fsp3) is 0.267. The Kier molecular flexibility index (Phi) is 3.98. The Morgan fingerprint density at radius 3 is 2.70 bits per heavy atom. The molecule has 0 saturated carbocycles. The van der Waals surface area contributed by atoms with Crippen molar-refractivity contribution in [1.29, 1.82) is 0 Å². The zero-order valence-electron chi connectivity index (χ0n) is 11.4. The molecule has 0 fully saturated rings. The number of pyridine rings is 1. The number of carbonyl (C=O) groups is 2. The van der Waals surface area contributed by atoms with Crippen molar-refractivity contribution in [3.8, 4) is 0 Å². The van der Waals surface area contributed by atoms with Crippen LogP contribution in [0.15, 0.2) is 30.3 Å². The largest absolute Gasteiger partial charge is 0.480 e. The van der Waals surface area contributed by atoms with Crippen LogP contribution < -0.4 is 5.32 Å². The first kappa shape index (κ1) is 14.0. The summed E-state index contributed by atoms with van der Waals surface area (Å²) in [4.78, 5) is 27.6. The van der Waals surface area contributed by atoms with Crippen molar-refractivity contribution >= 4 is 22.8 Å². The SMILES string of the molecule is CC[C@H](NC(=O)c1cc(C)nc2ccccc12)C(=O)O. The van der Waals surface area contributed by atoms with E-state index in [1.165, 1.54) is 0 Å². The Morgan fingerprint density at radius 1 is 1.35 bits per heavy atom. The molecule has 0 aliphatic rings. The molecule has 1 heterocycles. The Bertz CT molecular complexity index is 667. The highest BCUT2D eigenvalue weighted by Crippen LogP contribution is 2.18. The predicted octanol–water partition coefficient (Wildman–Crippen LogP) is 2.14. The van der Waals surface area contributed by atoms with Gasteiger partial charge in [0.15, 0.2) is 0 Å². The molecular weight excluding hydrogens is 256 g/mol. The Morgan fingerprint density at radius 2 is 2.05 bits per heavy atom. The van der Waals surface area contributed by atoms with Gasteiger partial charge in [0.05, 0.1) is 11.1 Å². The molecule has 104 valence electrons. The molecular formula is C15H16N2O3. The second-order valence-electron chi connectivity index (χ2n) is 4.60. The molecule has 20 heavy (non-hydrogen) atoms. The van der Waals surface area contributed by atoms with E-state index < -0.39 is 12.0 Å². The molecule has 1 aromatic heterocycles. The van der Waals surface area contributed by atoms with Crippen molar-refractivity contribution in [1.82, 2.24) is 10.3 Å². The predicted molar refractivity (Wildman–Crippen MR) is 75.7 cm³/mol. The lowest BCUT2D eigenvalue weighted by molar-refractivity contribution is -0.139. The van der Waals surface area contributed by atoms with E-state index in [1.807, 2.05) is 18.2 Å². The van der Waals surface area contributed by atoms with Gasteiger partial charge in [0.1, 0.15) is 6.04 Å². The summed E-state index contributed by atoms with van der Waals surface area (Å²) in [6, 6.07) is 8.10. The fourth-order valence-electron chi connectivity index (χ4n) is 2.07. The summed E-state index contributed by atoms with van der Waals surface area (Å²) >= 11 is 0. The number of carbonyl (C=O) groups excluding carboxylic acids is 1. The van der Waals surface area contributed by atoms with Gasteiger partial charge in [-0.15, -0.1) is 0 Å². The number of hydrogen-bond acceptors (Lipinski definition) is 3. The van der Waals surface area contributed by atoms with Crippen LogP contribution in [0.4, 0.5) is 0 Å². The Labute approximate surface area is 116 Å². The van der Waals surface area contributed by atoms with Gasteiger partial charge >= 0.3 is 5.97 Å². The minimum atomic E-state index is -1.03. The van der Waals surface area contributed by atoms with Crippen LogP contribution in [0.25, 0.3) is 10.9 Å². The van der Waals surface area contributed by atoms with Gasteiger partial charge in [0.25, 0.3) is 5.91 Å². The summed E-state index contributed by atoms with van der Waals surface area (Å²) in [5.41, 5.74) is 1.89. The maximum atomic E-state index is 12.3. The van der Waals surface area contributed by atoms with Crippen LogP contribution in [-0.4, -0.2) is 28.0 Å². The highest BCUT2D eigenvalue weighted by Gasteiger charge is 2.20. The van der Waals surface area contributed by atoms with E-state index in [0.29, 0.717) is 12.0 Å². The monoisotopic (exact) mass is 272 g/mol. The number of amides is 1. The maximum absolute atomic E-state index is 12.3. The third-order valence-electron chi connectivity index (χ3n) is 3.10. The topological polar surface area (TPSA) is 79.3 Å². The van der Waals surface area contributed by atoms with Gasteiger partial charge in [0, 0.05) is 11.1 Å². The molecule has 0 saturated heterocycles. The Hall–Kier alpha value is -2.43. The number of carboxylic acids is 1. The molecule has 5 heteroatoms. The van der Waals surface area contributed by atoms with E-state index >= 15 is 0 Å². The van der Waals surface area contributed by atoms with E-state index in [-0.39, 0.29) is 5.91 Å². The van der Waals surface area contributed by atoms with Crippen LogP contribution in [-0.2, 0) is 4.79 Å². The molecule has 2 N–H and O–H groups in total. The molecule has 0 aliphatic heterocycles. The standard InChI is InChI=1S/C15H16N2O3/c1-3-12(15(19)20)17-14(18)11-8-9(2)16-13-7-5-4-6-10(11)13/h4-8,12H,3H2,1-2H3,(H,17,18)(H,19,20)/t12-/m0/s1. The summed E-state index contributed by atoms with van der Waals surface area (Å²) in [5.74, 6) is -1.42. The van der Waals surface area contributed by atoms with Gasteiger partial charge in [-0.1, -0.05) is 25.1 Å². The van der Waals surface area contributed by atoms with E-state index in [0.717, 1.165) is 16.6 Å². The number of para-hydroxylation sites is 1. The number of hydrogen-bond donors (Lipinski definition) is 2. The van der Waals surface area contributed by atoms with Crippen LogP contribution in [0, 0.1) is 6.92 Å². The second kappa shape index (κ2) is 5.69. The number of rotatable bonds is 4. The molecule has 5 nitrogen and oxygen atoms in total. The first-order chi connectivity index (χ1) is 9.52. The smallest absolute Gasteiger partial charge is 0.326 e. The number of fused-ring (bicyclic) bond motifs is 1. The third-order valence-corrected chi connectivity index (χ3v) is 3.10. The van der Waals surface area contributed by atoms with Gasteiger partial charge in [-0.2, -0.15) is 0 Å². The average Bonchev–Trinajstić information content (AvgIpc) is 2.43. The summed E-state index contributed by atoms with van der Waals surface area (Å²) in [6.07, 6.45) is 0.336. The molecule has 2 rings (SSSR count). The Balaban J connectivity index is 2.41. The first-order valence-electron chi connectivity index (χ1n) is 6.43. The lowest BCUT2D eigenvalue weighted by Gasteiger charge is -2.13. The van der Waals surface area contributed by atoms with Crippen molar-refractivity contribution in [3.63, 3.8) is 0 Å². The summed E-state index contributed by atoms with van der Waals surface area (Å²) in [7, 11) is 0. The number of aromatic nitrogens is 1. The number of benzene rings is 1. The maximum Gasteiger partial charge on any atom is 0.326 e. The molecule has 0 aliphatic carbocycles. The zero-order chi connectivity index (χ0) is 14.7. The van der Waals surface area contributed by atoms with E-state index in [1.54, 1.807) is 26.0 Å². The van der Waals surface area contributed by atoms with E-state index in [4.69, 9.17) is 5.11 Å². The molecule has 0 unspecified atom stereocenters. The van der Waals surface area contributed by atoms with Crippen LogP contribution in [0.3, 0.4) is 0 Å². The molecule has 1 aromatic carbocycles.